The van der Waals surface area contributed by atoms with Gasteiger partial charge < -0.3 is 5.32 Å². The van der Waals surface area contributed by atoms with Gasteiger partial charge in [0.05, 0.1) is 32.6 Å². The molecule has 34 heavy (non-hydrogen) atoms. The van der Waals surface area contributed by atoms with Crippen molar-refractivity contribution in [1.82, 2.24) is 20.1 Å². The predicted molar refractivity (Wildman–Crippen MR) is 124 cm³/mol. The summed E-state index contributed by atoms with van der Waals surface area (Å²) in [6.07, 6.45) is -4.09. The number of hydrogen-bond acceptors (Lipinski definition) is 8. The fourth-order valence-corrected chi connectivity index (χ4v) is 3.63. The number of benzene rings is 2. The number of nitro benzene ring substituents is 1. The summed E-state index contributed by atoms with van der Waals surface area (Å²) in [6, 6.07) is 12.0. The first-order valence-corrected chi connectivity index (χ1v) is 10.4. The third-order valence-electron chi connectivity index (χ3n) is 4.15. The monoisotopic (exact) mass is 493 g/mol. The van der Waals surface area contributed by atoms with Crippen LogP contribution in [0.5, 0.6) is 0 Å². The van der Waals surface area contributed by atoms with E-state index in [2.05, 4.69) is 25.9 Å². The molecule has 2 aromatic carbocycles. The average molecular weight is 493 g/mol. The van der Waals surface area contributed by atoms with Crippen molar-refractivity contribution in [2.45, 2.75) is 6.18 Å². The lowest BCUT2D eigenvalue weighted by atomic mass is 10.2. The van der Waals surface area contributed by atoms with Crippen molar-refractivity contribution in [2.75, 3.05) is 19.5 Å². The number of nitrogens with one attached hydrogen (secondary N) is 3. The van der Waals surface area contributed by atoms with Crippen LogP contribution in [0.3, 0.4) is 0 Å². The summed E-state index contributed by atoms with van der Waals surface area (Å²) in [7, 11) is 3.75. The van der Waals surface area contributed by atoms with Crippen LogP contribution in [0.2, 0.25) is 0 Å². The van der Waals surface area contributed by atoms with Gasteiger partial charge in [0.1, 0.15) is 0 Å². The van der Waals surface area contributed by atoms with Gasteiger partial charge in [-0.25, -0.2) is 4.98 Å². The van der Waals surface area contributed by atoms with Crippen LogP contribution in [0, 0.1) is 10.1 Å². The summed E-state index contributed by atoms with van der Waals surface area (Å²) in [6.45, 7) is 0. The Bertz CT molecular complexity index is 1340. The van der Waals surface area contributed by atoms with Gasteiger partial charge in [0.15, 0.2) is 5.69 Å². The zero-order valence-corrected chi connectivity index (χ0v) is 18.6. The first-order chi connectivity index (χ1) is 16.2. The van der Waals surface area contributed by atoms with Crippen molar-refractivity contribution in [1.29, 1.82) is 0 Å². The summed E-state index contributed by atoms with van der Waals surface area (Å²) in [4.78, 5) is 26.9. The standard InChI is InChI=1S/C18H11F3N6O3S.C2H7N/c19-18(20,21)15-12(9-22-24-10-5-7-11(8-6-10)27(29)30)16(28)26(25-15)17-23-13-3-1-2-4-14(13)31-17;1-3-2/h1-9,24-25H;3H,1-2H3/b22-9+;. The average Bonchev–Trinajstić information content (AvgIpc) is 3.35. The van der Waals surface area contributed by atoms with Crippen LogP contribution in [0.1, 0.15) is 11.3 Å². The number of alkyl halides is 3. The smallest absolute Gasteiger partial charge is 0.323 e. The number of H-pyrrole nitrogens is 1. The molecule has 0 saturated heterocycles. The number of hydrazone groups is 1. The molecule has 0 saturated carbocycles. The van der Waals surface area contributed by atoms with Crippen molar-refractivity contribution >= 4 is 39.1 Å². The second-order valence-electron chi connectivity index (χ2n) is 6.68. The van der Waals surface area contributed by atoms with E-state index < -0.39 is 27.9 Å². The van der Waals surface area contributed by atoms with Crippen LogP contribution in [-0.2, 0) is 6.18 Å². The van der Waals surface area contributed by atoms with E-state index in [4.69, 9.17) is 0 Å². The van der Waals surface area contributed by atoms with E-state index in [-0.39, 0.29) is 16.5 Å². The SMILES string of the molecule is CNC.O=c1c(/C=N/Nc2ccc([N+](=O)[O-])cc2)c(C(F)(F)F)[nH]n1-c1nc2ccccc2s1. The van der Waals surface area contributed by atoms with Crippen LogP contribution >= 0.6 is 11.3 Å². The van der Waals surface area contributed by atoms with Crippen LogP contribution in [0.4, 0.5) is 24.5 Å². The fraction of sp³-hybridized carbons (Fsp3) is 0.150. The van der Waals surface area contributed by atoms with Gasteiger partial charge >= 0.3 is 6.18 Å². The van der Waals surface area contributed by atoms with Crippen LogP contribution < -0.4 is 16.3 Å². The molecule has 14 heteroatoms. The van der Waals surface area contributed by atoms with Crippen molar-refractivity contribution in [2.24, 2.45) is 5.10 Å². The number of aromatic amines is 1. The predicted octanol–water partition coefficient (Wildman–Crippen LogP) is 3.98. The van der Waals surface area contributed by atoms with E-state index in [1.807, 2.05) is 14.1 Å². The largest absolute Gasteiger partial charge is 0.433 e. The van der Waals surface area contributed by atoms with Crippen molar-refractivity contribution in [3.8, 4) is 5.13 Å². The molecular formula is C20H18F3N7O3S. The number of anilines is 1. The molecule has 0 atom stereocenters. The van der Waals surface area contributed by atoms with Crippen LogP contribution in [-0.4, -0.2) is 40.0 Å². The maximum atomic E-state index is 13.5. The summed E-state index contributed by atoms with van der Waals surface area (Å²) in [5.41, 5.74) is 0.173. The number of hydrogen-bond donors (Lipinski definition) is 3. The second-order valence-corrected chi connectivity index (χ2v) is 7.69. The number of rotatable bonds is 5. The van der Waals surface area contributed by atoms with Gasteiger partial charge in [-0.3, -0.25) is 25.4 Å². The Hall–Kier alpha value is -4.04. The number of aromatic nitrogens is 3. The maximum absolute atomic E-state index is 13.5. The Balaban J connectivity index is 0.00000103. The highest BCUT2D eigenvalue weighted by Crippen LogP contribution is 2.30. The van der Waals surface area contributed by atoms with Gasteiger partial charge in [-0.05, 0) is 38.4 Å². The molecule has 0 spiro atoms. The second kappa shape index (κ2) is 10.3. The third-order valence-corrected chi connectivity index (χ3v) is 5.17. The minimum atomic E-state index is -4.84. The van der Waals surface area contributed by atoms with Gasteiger partial charge in [-0.1, -0.05) is 23.5 Å². The molecule has 10 nitrogen and oxygen atoms in total. The van der Waals surface area contributed by atoms with Crippen LogP contribution in [0.25, 0.3) is 15.3 Å². The first kappa shape index (κ1) is 24.6. The molecular weight excluding hydrogens is 475 g/mol. The number of nitrogens with zero attached hydrogens (tertiary/aromatic N) is 4. The molecule has 4 rings (SSSR count). The Kier molecular flexibility index (Phi) is 7.43. The van der Waals surface area contributed by atoms with Gasteiger partial charge in [-0.2, -0.15) is 23.0 Å². The van der Waals surface area contributed by atoms with Gasteiger partial charge in [-0.15, -0.1) is 0 Å². The van der Waals surface area contributed by atoms with E-state index in [1.54, 1.807) is 24.3 Å². The number of fused-ring (bicyclic) bond motifs is 1. The van der Waals surface area contributed by atoms with Crippen molar-refractivity contribution < 1.29 is 18.1 Å². The highest BCUT2D eigenvalue weighted by molar-refractivity contribution is 7.20. The lowest BCUT2D eigenvalue weighted by molar-refractivity contribution is -0.384. The lowest BCUT2D eigenvalue weighted by Gasteiger charge is -2.04. The molecule has 0 radical (unpaired) electrons. The molecule has 2 heterocycles. The minimum absolute atomic E-state index is 0.0553. The molecule has 0 fully saturated rings. The Morgan fingerprint density at radius 2 is 1.82 bits per heavy atom. The van der Waals surface area contributed by atoms with E-state index in [0.717, 1.165) is 22.2 Å². The molecule has 178 valence electrons. The van der Waals surface area contributed by atoms with Crippen molar-refractivity contribution in [3.05, 3.63) is 80.3 Å². The van der Waals surface area contributed by atoms with E-state index in [0.29, 0.717) is 10.2 Å². The number of halogens is 3. The van der Waals surface area contributed by atoms with Crippen LogP contribution in [0.15, 0.2) is 58.4 Å². The van der Waals surface area contributed by atoms with Gasteiger partial charge in [0.2, 0.25) is 5.13 Å². The summed E-state index contributed by atoms with van der Waals surface area (Å²) in [5.74, 6) is 0. The summed E-state index contributed by atoms with van der Waals surface area (Å²) < 4.78 is 41.9. The highest BCUT2D eigenvalue weighted by Gasteiger charge is 2.38. The fourth-order valence-electron chi connectivity index (χ4n) is 2.71. The topological polar surface area (TPSA) is 130 Å². The zero-order valence-electron chi connectivity index (χ0n) is 17.8. The van der Waals surface area contributed by atoms with E-state index in [1.165, 1.54) is 24.3 Å². The van der Waals surface area contributed by atoms with Crippen molar-refractivity contribution in [3.63, 3.8) is 0 Å². The molecule has 2 aromatic heterocycles. The first-order valence-electron chi connectivity index (χ1n) is 9.56. The number of thiazole rings is 1. The Morgan fingerprint density at radius 3 is 2.41 bits per heavy atom. The molecule has 4 aromatic rings. The summed E-state index contributed by atoms with van der Waals surface area (Å²) in [5, 5.41) is 19.2. The number of nitro groups is 1. The molecule has 0 aliphatic carbocycles. The number of para-hydroxylation sites is 1. The molecule has 0 unspecified atom stereocenters. The minimum Gasteiger partial charge on any atom is -0.323 e. The molecule has 0 amide bonds. The zero-order chi connectivity index (χ0) is 24.9. The molecule has 0 aliphatic rings. The highest BCUT2D eigenvalue weighted by atomic mass is 32.1. The quantitative estimate of drug-likeness (QED) is 0.219. The van der Waals surface area contributed by atoms with Gasteiger partial charge in [0.25, 0.3) is 11.2 Å². The van der Waals surface area contributed by atoms with Gasteiger partial charge in [0, 0.05) is 12.1 Å². The van der Waals surface area contributed by atoms with E-state index in [9.17, 15) is 28.1 Å². The van der Waals surface area contributed by atoms with E-state index >= 15 is 0 Å². The Morgan fingerprint density at radius 1 is 1.18 bits per heavy atom. The third kappa shape index (κ3) is 5.47. The number of non-ortho nitro benzene ring substituents is 1. The molecule has 0 aliphatic heterocycles. The molecule has 3 N–H and O–H groups in total. The lowest BCUT2D eigenvalue weighted by Crippen LogP contribution is -2.17. The normalized spacial score (nSPS) is 11.4. The molecule has 0 bridgehead atoms. The maximum Gasteiger partial charge on any atom is 0.433 e. The summed E-state index contributed by atoms with van der Waals surface area (Å²) >= 11 is 1.06. The Labute approximate surface area is 193 Å².